The molecule has 0 spiro atoms. The summed E-state index contributed by atoms with van der Waals surface area (Å²) in [5, 5.41) is 6.77. The minimum absolute atomic E-state index is 0.221. The van der Waals surface area contributed by atoms with Gasteiger partial charge in [0.1, 0.15) is 5.69 Å². The van der Waals surface area contributed by atoms with Crippen LogP contribution < -0.4 is 5.32 Å². The number of carbonyl (C=O) groups excluding carboxylic acids is 1. The van der Waals surface area contributed by atoms with Gasteiger partial charge in [0.2, 0.25) is 0 Å². The Labute approximate surface area is 151 Å². The van der Waals surface area contributed by atoms with Crippen LogP contribution in [-0.2, 0) is 0 Å². The third-order valence-electron chi connectivity index (χ3n) is 4.36. The fraction of sp³-hybridized carbons (Fsp3) is 0.250. The van der Waals surface area contributed by atoms with Crippen LogP contribution >= 0.6 is 11.8 Å². The SMILES string of the molecule is CC1=C(C2C=CC=CC2)SC(NC(=O)c2ccc(C)c(N=O)c2)=CC1. The molecular formula is C20H20N2O2S. The average molecular weight is 352 g/mol. The summed E-state index contributed by atoms with van der Waals surface area (Å²) in [4.78, 5) is 24.6. The van der Waals surface area contributed by atoms with Gasteiger partial charge in [0.15, 0.2) is 0 Å². The molecule has 1 aliphatic heterocycles. The number of thioether (sulfide) groups is 1. The second-order valence-corrected chi connectivity index (χ2v) is 7.30. The highest BCUT2D eigenvalue weighted by molar-refractivity contribution is 8.06. The number of hydrogen-bond acceptors (Lipinski definition) is 4. The van der Waals surface area contributed by atoms with Gasteiger partial charge in [-0.05, 0) is 60.5 Å². The Hall–Kier alpha value is -2.40. The molecule has 1 unspecified atom stereocenters. The van der Waals surface area contributed by atoms with Crippen molar-refractivity contribution in [3.05, 3.63) is 80.1 Å². The average Bonchev–Trinajstić information content (AvgIpc) is 2.64. The normalized spacial score (nSPS) is 19.6. The number of nitroso groups, excluding NO2 is 1. The number of aryl methyl sites for hydroxylation is 1. The van der Waals surface area contributed by atoms with Crippen LogP contribution in [0.2, 0.25) is 0 Å². The van der Waals surface area contributed by atoms with E-state index in [2.05, 4.69) is 41.7 Å². The predicted octanol–water partition coefficient (Wildman–Crippen LogP) is 5.51. The first-order valence-electron chi connectivity index (χ1n) is 8.25. The van der Waals surface area contributed by atoms with Crippen LogP contribution in [0, 0.1) is 17.7 Å². The van der Waals surface area contributed by atoms with Gasteiger partial charge >= 0.3 is 0 Å². The zero-order chi connectivity index (χ0) is 17.8. The van der Waals surface area contributed by atoms with E-state index in [1.165, 1.54) is 16.5 Å². The summed E-state index contributed by atoms with van der Waals surface area (Å²) in [5.41, 5.74) is 2.84. The van der Waals surface area contributed by atoms with Gasteiger partial charge in [-0.1, -0.05) is 47.7 Å². The van der Waals surface area contributed by atoms with Crippen molar-refractivity contribution in [1.82, 2.24) is 5.32 Å². The summed E-state index contributed by atoms with van der Waals surface area (Å²) in [7, 11) is 0. The van der Waals surface area contributed by atoms with Gasteiger partial charge in [0.05, 0.1) is 5.03 Å². The quantitative estimate of drug-likeness (QED) is 0.727. The van der Waals surface area contributed by atoms with E-state index in [0.717, 1.165) is 23.4 Å². The lowest BCUT2D eigenvalue weighted by atomic mass is 9.97. The molecule has 1 aromatic carbocycles. The fourth-order valence-corrected chi connectivity index (χ4v) is 4.00. The van der Waals surface area contributed by atoms with Crippen molar-refractivity contribution >= 4 is 23.4 Å². The number of hydrogen-bond donors (Lipinski definition) is 1. The van der Waals surface area contributed by atoms with Crippen molar-refractivity contribution in [3.8, 4) is 0 Å². The first-order chi connectivity index (χ1) is 12.1. The molecule has 0 radical (unpaired) electrons. The maximum absolute atomic E-state index is 12.5. The summed E-state index contributed by atoms with van der Waals surface area (Å²) in [5.74, 6) is 0.155. The summed E-state index contributed by atoms with van der Waals surface area (Å²) < 4.78 is 0. The van der Waals surface area contributed by atoms with Crippen molar-refractivity contribution in [1.29, 1.82) is 0 Å². The lowest BCUT2D eigenvalue weighted by Gasteiger charge is -2.24. The zero-order valence-electron chi connectivity index (χ0n) is 14.3. The molecule has 0 fully saturated rings. The van der Waals surface area contributed by atoms with Gasteiger partial charge in [-0.25, -0.2) is 0 Å². The van der Waals surface area contributed by atoms with E-state index in [0.29, 0.717) is 17.2 Å². The molecule has 128 valence electrons. The molecule has 0 bridgehead atoms. The van der Waals surface area contributed by atoms with Gasteiger partial charge in [-0.3, -0.25) is 4.79 Å². The number of nitrogens with one attached hydrogen (secondary N) is 1. The van der Waals surface area contributed by atoms with E-state index in [4.69, 9.17) is 0 Å². The van der Waals surface area contributed by atoms with Crippen molar-refractivity contribution in [2.75, 3.05) is 0 Å². The van der Waals surface area contributed by atoms with Gasteiger partial charge in [0.25, 0.3) is 5.91 Å². The third kappa shape index (κ3) is 3.99. The smallest absolute Gasteiger partial charge is 0.256 e. The van der Waals surface area contributed by atoms with Crippen LogP contribution in [0.15, 0.2) is 69.3 Å². The molecule has 0 saturated carbocycles. The van der Waals surface area contributed by atoms with Gasteiger partial charge in [-0.15, -0.1) is 4.91 Å². The lowest BCUT2D eigenvalue weighted by molar-refractivity contribution is 0.0968. The molecular weight excluding hydrogens is 332 g/mol. The lowest BCUT2D eigenvalue weighted by Crippen LogP contribution is -2.23. The molecule has 25 heavy (non-hydrogen) atoms. The van der Waals surface area contributed by atoms with Crippen LogP contribution in [-0.4, -0.2) is 5.91 Å². The van der Waals surface area contributed by atoms with Gasteiger partial charge < -0.3 is 5.32 Å². The zero-order valence-corrected chi connectivity index (χ0v) is 15.1. The number of nitrogens with zero attached hydrogens (tertiary/aromatic N) is 1. The van der Waals surface area contributed by atoms with E-state index >= 15 is 0 Å². The Morgan fingerprint density at radius 1 is 1.28 bits per heavy atom. The highest BCUT2D eigenvalue weighted by atomic mass is 32.2. The summed E-state index contributed by atoms with van der Waals surface area (Å²) in [6.45, 7) is 3.94. The van der Waals surface area contributed by atoms with E-state index in [1.54, 1.807) is 30.8 Å². The first kappa shape index (κ1) is 17.4. The van der Waals surface area contributed by atoms with Crippen molar-refractivity contribution in [2.45, 2.75) is 26.7 Å². The van der Waals surface area contributed by atoms with Crippen molar-refractivity contribution < 1.29 is 4.79 Å². The minimum Gasteiger partial charge on any atom is -0.317 e. The molecule has 1 aliphatic carbocycles. The van der Waals surface area contributed by atoms with Crippen LogP contribution in [0.25, 0.3) is 0 Å². The molecule has 3 rings (SSSR count). The molecule has 1 aromatic rings. The highest BCUT2D eigenvalue weighted by Gasteiger charge is 2.21. The molecule has 1 atom stereocenters. The monoisotopic (exact) mass is 352 g/mol. The topological polar surface area (TPSA) is 58.5 Å². The Kier molecular flexibility index (Phi) is 5.34. The van der Waals surface area contributed by atoms with Gasteiger partial charge in [-0.2, -0.15) is 0 Å². The molecule has 0 saturated heterocycles. The minimum atomic E-state index is -0.221. The molecule has 4 nitrogen and oxygen atoms in total. The second kappa shape index (κ2) is 7.66. The van der Waals surface area contributed by atoms with Crippen LogP contribution in [0.4, 0.5) is 5.69 Å². The van der Waals surface area contributed by atoms with E-state index in [-0.39, 0.29) is 5.91 Å². The summed E-state index contributed by atoms with van der Waals surface area (Å²) in [6, 6.07) is 4.98. The van der Waals surface area contributed by atoms with E-state index in [9.17, 15) is 9.70 Å². The van der Waals surface area contributed by atoms with E-state index in [1.807, 2.05) is 6.08 Å². The first-order valence-corrected chi connectivity index (χ1v) is 9.06. The molecule has 1 N–H and O–H groups in total. The van der Waals surface area contributed by atoms with Crippen LogP contribution in [0.1, 0.15) is 35.7 Å². The van der Waals surface area contributed by atoms with Gasteiger partial charge in [0, 0.05) is 11.5 Å². The van der Waals surface area contributed by atoms with Crippen LogP contribution in [0.3, 0.4) is 0 Å². The van der Waals surface area contributed by atoms with Crippen molar-refractivity contribution in [3.63, 3.8) is 0 Å². The highest BCUT2D eigenvalue weighted by Crippen LogP contribution is 2.40. The number of carbonyl (C=O) groups is 1. The number of allylic oxidation sites excluding steroid dienone is 7. The molecule has 0 aromatic heterocycles. The largest absolute Gasteiger partial charge is 0.317 e. The number of benzene rings is 1. The Balaban J connectivity index is 1.71. The molecule has 5 heteroatoms. The molecule has 2 aliphatic rings. The van der Waals surface area contributed by atoms with Crippen LogP contribution in [0.5, 0.6) is 0 Å². The summed E-state index contributed by atoms with van der Waals surface area (Å²) in [6.07, 6.45) is 12.4. The number of amides is 1. The van der Waals surface area contributed by atoms with E-state index < -0.39 is 0 Å². The molecule has 1 amide bonds. The maximum Gasteiger partial charge on any atom is 0.256 e. The second-order valence-electron chi connectivity index (χ2n) is 6.22. The Morgan fingerprint density at radius 2 is 2.12 bits per heavy atom. The molecule has 1 heterocycles. The third-order valence-corrected chi connectivity index (χ3v) is 5.72. The Morgan fingerprint density at radius 3 is 2.84 bits per heavy atom. The Bertz CT molecular complexity index is 834. The standard InChI is InChI=1S/C20H20N2O2S/c1-13-8-10-16(12-17(13)22-24)20(23)21-18-11-9-14(2)19(25-18)15-6-4-3-5-7-15/h3-6,8,10-12,15H,7,9H2,1-2H3,(H,21,23). The predicted molar refractivity (Wildman–Crippen MR) is 103 cm³/mol. The van der Waals surface area contributed by atoms with Crippen molar-refractivity contribution in [2.24, 2.45) is 11.1 Å². The number of rotatable bonds is 4. The fourth-order valence-electron chi connectivity index (χ4n) is 2.87. The maximum atomic E-state index is 12.5. The summed E-state index contributed by atoms with van der Waals surface area (Å²) >= 11 is 1.62.